The van der Waals surface area contributed by atoms with E-state index in [1.54, 1.807) is 14.2 Å². The van der Waals surface area contributed by atoms with E-state index in [0.717, 1.165) is 12.5 Å². The number of hydrogen-bond acceptors (Lipinski definition) is 3. The van der Waals surface area contributed by atoms with Crippen LogP contribution in [0.15, 0.2) is 4.99 Å². The van der Waals surface area contributed by atoms with Crippen LogP contribution in [0.4, 0.5) is 0 Å². The molecule has 0 aromatic rings. The number of methoxy groups -OCH3 is 2. The molecule has 0 aliphatic rings. The highest BCUT2D eigenvalue weighted by Crippen LogP contribution is 1.96. The lowest BCUT2D eigenvalue weighted by Crippen LogP contribution is -2.23. The van der Waals surface area contributed by atoms with Gasteiger partial charge in [-0.15, -0.1) is 0 Å². The third kappa shape index (κ3) is 7.76. The minimum absolute atomic E-state index is 0.0841. The lowest BCUT2D eigenvalue weighted by Gasteiger charge is -2.11. The van der Waals surface area contributed by atoms with Gasteiger partial charge in [-0.05, 0) is 6.42 Å². The van der Waals surface area contributed by atoms with E-state index in [-0.39, 0.29) is 11.9 Å². The molecule has 0 spiro atoms. The summed E-state index contributed by atoms with van der Waals surface area (Å²) >= 11 is 0. The largest absolute Gasteiger partial charge is 0.370 e. The predicted molar refractivity (Wildman–Crippen MR) is 53.7 cm³/mol. The number of hydrogen-bond donors (Lipinski definition) is 2. The second kappa shape index (κ2) is 8.03. The summed E-state index contributed by atoms with van der Waals surface area (Å²) in [5.74, 6) is 0.0672. The minimum atomic E-state index is -0.0841. The van der Waals surface area contributed by atoms with Crippen molar-refractivity contribution in [1.29, 1.82) is 0 Å². The highest BCUT2D eigenvalue weighted by molar-refractivity contribution is 6.36. The third-order valence-electron chi connectivity index (χ3n) is 1.37. The summed E-state index contributed by atoms with van der Waals surface area (Å²) in [4.78, 5) is 3.87. The van der Waals surface area contributed by atoms with Crippen molar-refractivity contribution in [2.45, 2.75) is 18.4 Å². The van der Waals surface area contributed by atoms with Crippen LogP contribution in [-0.2, 0) is 9.47 Å². The Morgan fingerprint density at radius 1 is 1.38 bits per heavy atom. The maximum absolute atomic E-state index is 5.17. The van der Waals surface area contributed by atoms with E-state index in [4.69, 9.17) is 20.9 Å². The molecular formula is C7H17N3O2Si. The van der Waals surface area contributed by atoms with E-state index >= 15 is 0 Å². The fourth-order valence-electron chi connectivity index (χ4n) is 0.770. The molecule has 4 N–H and O–H groups in total. The van der Waals surface area contributed by atoms with Crippen molar-refractivity contribution >= 4 is 15.5 Å². The molecule has 0 aromatic heterocycles. The SMILES string of the molecule is COC(OC)[Si]CCCN=C(N)N. The molecule has 0 rings (SSSR count). The Labute approximate surface area is 81.3 Å². The van der Waals surface area contributed by atoms with E-state index in [2.05, 4.69) is 4.99 Å². The first kappa shape index (κ1) is 12.4. The topological polar surface area (TPSA) is 82.9 Å². The van der Waals surface area contributed by atoms with E-state index in [1.165, 1.54) is 0 Å². The van der Waals surface area contributed by atoms with E-state index in [9.17, 15) is 0 Å². The molecule has 0 fully saturated rings. The fourth-order valence-corrected chi connectivity index (χ4v) is 1.70. The first-order valence-electron chi connectivity index (χ1n) is 4.05. The Morgan fingerprint density at radius 2 is 2.00 bits per heavy atom. The Kier molecular flexibility index (Phi) is 7.66. The molecule has 13 heavy (non-hydrogen) atoms. The van der Waals surface area contributed by atoms with Gasteiger partial charge in [0, 0.05) is 20.8 Å². The smallest absolute Gasteiger partial charge is 0.185 e. The minimum Gasteiger partial charge on any atom is -0.370 e. The summed E-state index contributed by atoms with van der Waals surface area (Å²) in [6.07, 6.45) is 0.958. The molecule has 0 unspecified atom stereocenters. The van der Waals surface area contributed by atoms with Crippen LogP contribution in [0.25, 0.3) is 0 Å². The molecule has 76 valence electrons. The maximum Gasteiger partial charge on any atom is 0.185 e. The fraction of sp³-hybridized carbons (Fsp3) is 0.857. The number of guanidine groups is 1. The van der Waals surface area contributed by atoms with Gasteiger partial charge in [-0.25, -0.2) is 0 Å². The first-order valence-corrected chi connectivity index (χ1v) is 5.33. The van der Waals surface area contributed by atoms with Crippen molar-refractivity contribution in [3.63, 3.8) is 0 Å². The van der Waals surface area contributed by atoms with Crippen molar-refractivity contribution in [2.75, 3.05) is 20.8 Å². The van der Waals surface area contributed by atoms with Crippen molar-refractivity contribution in [3.8, 4) is 0 Å². The van der Waals surface area contributed by atoms with Crippen molar-refractivity contribution in [2.24, 2.45) is 16.5 Å². The molecule has 0 saturated carbocycles. The zero-order chi connectivity index (χ0) is 10.1. The zero-order valence-electron chi connectivity index (χ0n) is 8.12. The van der Waals surface area contributed by atoms with E-state index in [0.29, 0.717) is 16.1 Å². The van der Waals surface area contributed by atoms with Gasteiger partial charge < -0.3 is 20.9 Å². The van der Waals surface area contributed by atoms with Gasteiger partial charge in [0.25, 0.3) is 0 Å². The Balaban J connectivity index is 3.29. The summed E-state index contributed by atoms with van der Waals surface area (Å²) in [5, 5.41) is 0. The van der Waals surface area contributed by atoms with Crippen LogP contribution >= 0.6 is 0 Å². The van der Waals surface area contributed by atoms with E-state index in [1.807, 2.05) is 0 Å². The normalized spacial score (nSPS) is 10.4. The summed E-state index contributed by atoms with van der Waals surface area (Å²) in [5.41, 5.74) is 10.3. The van der Waals surface area contributed by atoms with Gasteiger partial charge in [0.15, 0.2) is 5.96 Å². The molecule has 5 nitrogen and oxygen atoms in total. The standard InChI is InChI=1S/C7H17N3O2Si/c1-11-7(12-2)13-5-3-4-10-6(8)9/h7H,3-5H2,1-2H3,(H4,8,9,10). The quantitative estimate of drug-likeness (QED) is 0.189. The number of nitrogens with two attached hydrogens (primary N) is 2. The Morgan fingerprint density at radius 3 is 2.46 bits per heavy atom. The Bertz CT molecular complexity index is 147. The molecule has 0 saturated heterocycles. The molecule has 2 radical (unpaired) electrons. The molecular weight excluding hydrogens is 186 g/mol. The average molecular weight is 203 g/mol. The van der Waals surface area contributed by atoms with Crippen LogP contribution in [0.2, 0.25) is 6.04 Å². The van der Waals surface area contributed by atoms with Gasteiger partial charge in [-0.2, -0.15) is 0 Å². The highest BCUT2D eigenvalue weighted by atomic mass is 28.2. The molecule has 0 atom stereocenters. The van der Waals surface area contributed by atoms with Crippen LogP contribution in [0.3, 0.4) is 0 Å². The van der Waals surface area contributed by atoms with Gasteiger partial charge in [-0.1, -0.05) is 6.04 Å². The van der Waals surface area contributed by atoms with Crippen molar-refractivity contribution < 1.29 is 9.47 Å². The Hall–Kier alpha value is -0.593. The lowest BCUT2D eigenvalue weighted by atomic mass is 10.5. The zero-order valence-corrected chi connectivity index (χ0v) is 9.12. The van der Waals surface area contributed by atoms with Gasteiger partial charge in [0.2, 0.25) is 0 Å². The number of rotatable bonds is 7. The van der Waals surface area contributed by atoms with Gasteiger partial charge in [-0.3, -0.25) is 4.99 Å². The molecule has 0 bridgehead atoms. The molecule has 0 aliphatic carbocycles. The van der Waals surface area contributed by atoms with Gasteiger partial charge in [0.1, 0.15) is 15.4 Å². The van der Waals surface area contributed by atoms with Gasteiger partial charge in [0.05, 0.1) is 0 Å². The van der Waals surface area contributed by atoms with Crippen LogP contribution in [0.5, 0.6) is 0 Å². The second-order valence-electron chi connectivity index (χ2n) is 2.42. The summed E-state index contributed by atoms with van der Waals surface area (Å²) < 4.78 is 10.1. The maximum atomic E-state index is 5.17. The van der Waals surface area contributed by atoms with Gasteiger partial charge >= 0.3 is 0 Å². The van der Waals surface area contributed by atoms with Crippen LogP contribution in [-0.4, -0.2) is 42.2 Å². The molecule has 6 heteroatoms. The van der Waals surface area contributed by atoms with Crippen molar-refractivity contribution in [1.82, 2.24) is 0 Å². The lowest BCUT2D eigenvalue weighted by molar-refractivity contribution is -0.0441. The summed E-state index contributed by atoms with van der Waals surface area (Å²) in [7, 11) is 3.90. The third-order valence-corrected chi connectivity index (χ3v) is 2.82. The average Bonchev–Trinajstić information content (AvgIpc) is 2.11. The summed E-state index contributed by atoms with van der Waals surface area (Å²) in [6, 6.07) is 1.02. The number of ether oxygens (including phenoxy) is 2. The first-order chi connectivity index (χ1) is 6.20. The molecule has 0 heterocycles. The van der Waals surface area contributed by atoms with Crippen LogP contribution in [0, 0.1) is 0 Å². The monoisotopic (exact) mass is 203 g/mol. The second-order valence-corrected chi connectivity index (χ2v) is 3.80. The van der Waals surface area contributed by atoms with Crippen molar-refractivity contribution in [3.05, 3.63) is 0 Å². The number of nitrogens with zero attached hydrogens (tertiary/aromatic N) is 1. The number of aliphatic imine (C=N–C) groups is 1. The summed E-state index contributed by atoms with van der Waals surface area (Å²) in [6.45, 7) is 0.676. The van der Waals surface area contributed by atoms with E-state index < -0.39 is 0 Å². The van der Waals surface area contributed by atoms with Crippen LogP contribution < -0.4 is 11.5 Å². The highest BCUT2D eigenvalue weighted by Gasteiger charge is 2.04. The van der Waals surface area contributed by atoms with Crippen LogP contribution in [0.1, 0.15) is 6.42 Å². The molecule has 0 amide bonds. The molecule has 0 aromatic carbocycles. The predicted octanol–water partition coefficient (Wildman–Crippen LogP) is -0.651. The molecule has 0 aliphatic heterocycles.